The minimum Gasteiger partial charge on any atom is -0.299 e. The maximum atomic E-state index is 13.6. The molecule has 2 aliphatic carbocycles. The van der Waals surface area contributed by atoms with Gasteiger partial charge in [0, 0.05) is 12.3 Å². The van der Waals surface area contributed by atoms with Crippen LogP contribution in [0.15, 0.2) is 30.3 Å². The first-order valence-electron chi connectivity index (χ1n) is 11.2. The molecule has 27 heavy (non-hydrogen) atoms. The van der Waals surface area contributed by atoms with E-state index in [1.165, 1.54) is 25.7 Å². The van der Waals surface area contributed by atoms with Gasteiger partial charge in [0.15, 0.2) is 5.78 Å². The molecular weight excluding hydrogens is 332 g/mol. The van der Waals surface area contributed by atoms with Gasteiger partial charge in [-0.25, -0.2) is 0 Å². The van der Waals surface area contributed by atoms with E-state index < -0.39 is 0 Å². The van der Waals surface area contributed by atoms with E-state index in [2.05, 4.69) is 26.0 Å². The number of carbonyl (C=O) groups is 2. The molecule has 0 radical (unpaired) electrons. The Morgan fingerprint density at radius 2 is 1.63 bits per heavy atom. The van der Waals surface area contributed by atoms with Crippen molar-refractivity contribution in [1.82, 2.24) is 0 Å². The van der Waals surface area contributed by atoms with E-state index in [1.807, 2.05) is 18.2 Å². The van der Waals surface area contributed by atoms with E-state index in [0.29, 0.717) is 18.3 Å². The summed E-state index contributed by atoms with van der Waals surface area (Å²) in [7, 11) is 0. The Bertz CT molecular complexity index is 612. The normalized spacial score (nSPS) is 30.1. The Kier molecular flexibility index (Phi) is 7.26. The molecule has 148 valence electrons. The van der Waals surface area contributed by atoms with Crippen LogP contribution in [-0.4, -0.2) is 11.6 Å². The van der Waals surface area contributed by atoms with Gasteiger partial charge >= 0.3 is 0 Å². The maximum absolute atomic E-state index is 13.6. The average molecular weight is 369 g/mol. The zero-order valence-electron chi connectivity index (χ0n) is 17.2. The fraction of sp³-hybridized carbons (Fsp3) is 0.680. The van der Waals surface area contributed by atoms with E-state index in [-0.39, 0.29) is 23.4 Å². The lowest BCUT2D eigenvalue weighted by Crippen LogP contribution is -2.37. The zero-order valence-corrected chi connectivity index (χ0v) is 17.2. The lowest BCUT2D eigenvalue weighted by atomic mass is 9.67. The van der Waals surface area contributed by atoms with Crippen molar-refractivity contribution < 1.29 is 9.59 Å². The highest BCUT2D eigenvalue weighted by molar-refractivity contribution is 6.05. The first kappa shape index (κ1) is 20.3. The van der Waals surface area contributed by atoms with Crippen LogP contribution in [0, 0.1) is 23.7 Å². The van der Waals surface area contributed by atoms with Crippen molar-refractivity contribution >= 4 is 11.6 Å². The van der Waals surface area contributed by atoms with E-state index >= 15 is 0 Å². The van der Waals surface area contributed by atoms with Crippen LogP contribution >= 0.6 is 0 Å². The number of Topliss-reactive ketones (excluding diaryl/α,β-unsaturated/α-hetero) is 2. The number of benzene rings is 1. The fourth-order valence-electron chi connectivity index (χ4n) is 5.51. The summed E-state index contributed by atoms with van der Waals surface area (Å²) in [5.41, 5.74) is 1.13. The van der Waals surface area contributed by atoms with Gasteiger partial charge in [-0.2, -0.15) is 0 Å². The van der Waals surface area contributed by atoms with E-state index in [4.69, 9.17) is 0 Å². The highest BCUT2D eigenvalue weighted by atomic mass is 16.2. The third-order valence-electron chi connectivity index (χ3n) is 7.19. The second-order valence-electron chi connectivity index (χ2n) is 8.93. The standard InChI is InChI=1S/C25H36O2/c1-3-8-19-11-14-21(15-12-19)24(20-9-6-5-7-10-20)25(27)22-16-13-18(4-2)17-23(22)26/h5-7,9-10,18-19,21-22,24H,3-4,8,11-17H2,1-2H3. The lowest BCUT2D eigenvalue weighted by molar-refractivity contribution is -0.137. The molecule has 0 aliphatic heterocycles. The van der Waals surface area contributed by atoms with Gasteiger partial charge in [-0.15, -0.1) is 0 Å². The van der Waals surface area contributed by atoms with Crippen LogP contribution in [0.1, 0.15) is 89.5 Å². The van der Waals surface area contributed by atoms with Crippen LogP contribution in [0.5, 0.6) is 0 Å². The van der Waals surface area contributed by atoms with Crippen molar-refractivity contribution in [3.05, 3.63) is 35.9 Å². The Morgan fingerprint density at radius 1 is 0.963 bits per heavy atom. The van der Waals surface area contributed by atoms with Crippen molar-refractivity contribution in [1.29, 1.82) is 0 Å². The molecule has 3 rings (SSSR count). The van der Waals surface area contributed by atoms with Crippen molar-refractivity contribution in [3.63, 3.8) is 0 Å². The molecule has 0 saturated heterocycles. The Labute approximate surface area is 165 Å². The minimum atomic E-state index is -0.355. The molecule has 3 atom stereocenters. The monoisotopic (exact) mass is 368 g/mol. The van der Waals surface area contributed by atoms with Crippen LogP contribution in [0.3, 0.4) is 0 Å². The molecule has 2 saturated carbocycles. The molecule has 2 aliphatic rings. The average Bonchev–Trinajstić information content (AvgIpc) is 2.70. The van der Waals surface area contributed by atoms with Crippen molar-refractivity contribution in [2.45, 2.75) is 84.0 Å². The molecule has 0 bridgehead atoms. The number of hydrogen-bond donors (Lipinski definition) is 0. The van der Waals surface area contributed by atoms with Crippen LogP contribution < -0.4 is 0 Å². The van der Waals surface area contributed by atoms with Gasteiger partial charge in [-0.05, 0) is 49.0 Å². The van der Waals surface area contributed by atoms with Crippen molar-refractivity contribution in [3.8, 4) is 0 Å². The zero-order chi connectivity index (χ0) is 19.2. The third kappa shape index (κ3) is 4.89. The minimum absolute atomic E-state index is 0.0825. The molecule has 0 heterocycles. The summed E-state index contributed by atoms with van der Waals surface area (Å²) in [4.78, 5) is 26.3. The van der Waals surface area contributed by atoms with E-state index in [9.17, 15) is 9.59 Å². The third-order valence-corrected chi connectivity index (χ3v) is 7.19. The molecule has 0 amide bonds. The van der Waals surface area contributed by atoms with Crippen LogP contribution in [-0.2, 0) is 9.59 Å². The summed E-state index contributed by atoms with van der Waals surface area (Å²) in [5, 5.41) is 0. The summed E-state index contributed by atoms with van der Waals surface area (Å²) in [6, 6.07) is 10.3. The number of carbonyl (C=O) groups excluding carboxylic acids is 2. The van der Waals surface area contributed by atoms with E-state index in [1.54, 1.807) is 0 Å². The summed E-state index contributed by atoms with van der Waals surface area (Å²) in [5.74, 6) is 1.72. The van der Waals surface area contributed by atoms with Gasteiger partial charge < -0.3 is 0 Å². The van der Waals surface area contributed by atoms with Crippen LogP contribution in [0.4, 0.5) is 0 Å². The van der Waals surface area contributed by atoms with Gasteiger partial charge in [0.2, 0.25) is 0 Å². The molecule has 2 fully saturated rings. The molecule has 3 unspecified atom stereocenters. The molecule has 2 nitrogen and oxygen atoms in total. The SMILES string of the molecule is CCCC1CCC(C(C(=O)C2CCC(CC)CC2=O)c2ccccc2)CC1. The highest BCUT2D eigenvalue weighted by Gasteiger charge is 2.40. The Balaban J connectivity index is 1.77. The molecule has 0 N–H and O–H groups in total. The molecule has 0 spiro atoms. The summed E-state index contributed by atoms with van der Waals surface area (Å²) >= 11 is 0. The molecular formula is C25H36O2. The van der Waals surface area contributed by atoms with Gasteiger partial charge in [-0.3, -0.25) is 9.59 Å². The van der Waals surface area contributed by atoms with Gasteiger partial charge in [-0.1, -0.05) is 76.3 Å². The first-order chi connectivity index (χ1) is 13.1. The van der Waals surface area contributed by atoms with Gasteiger partial charge in [0.1, 0.15) is 5.78 Å². The Morgan fingerprint density at radius 3 is 2.22 bits per heavy atom. The second-order valence-corrected chi connectivity index (χ2v) is 8.93. The first-order valence-corrected chi connectivity index (χ1v) is 11.2. The predicted molar refractivity (Wildman–Crippen MR) is 111 cm³/mol. The predicted octanol–water partition coefficient (Wildman–Crippen LogP) is 6.34. The van der Waals surface area contributed by atoms with Crippen LogP contribution in [0.2, 0.25) is 0 Å². The van der Waals surface area contributed by atoms with Crippen LogP contribution in [0.25, 0.3) is 0 Å². The topological polar surface area (TPSA) is 34.1 Å². The largest absolute Gasteiger partial charge is 0.299 e. The lowest BCUT2D eigenvalue weighted by Gasteiger charge is -2.36. The molecule has 2 heteroatoms. The summed E-state index contributed by atoms with van der Waals surface area (Å²) in [6.07, 6.45) is 10.8. The van der Waals surface area contributed by atoms with Gasteiger partial charge in [0.25, 0.3) is 0 Å². The molecule has 1 aromatic carbocycles. The maximum Gasteiger partial charge on any atom is 0.151 e. The molecule has 0 aromatic heterocycles. The Hall–Kier alpha value is -1.44. The second kappa shape index (κ2) is 9.66. The summed E-state index contributed by atoms with van der Waals surface area (Å²) in [6.45, 7) is 4.42. The van der Waals surface area contributed by atoms with Crippen molar-refractivity contribution in [2.24, 2.45) is 23.7 Å². The van der Waals surface area contributed by atoms with Gasteiger partial charge in [0.05, 0.1) is 5.92 Å². The summed E-state index contributed by atoms with van der Waals surface area (Å²) < 4.78 is 0. The highest BCUT2D eigenvalue weighted by Crippen LogP contribution is 2.42. The molecule has 1 aromatic rings. The smallest absolute Gasteiger partial charge is 0.151 e. The number of rotatable bonds is 7. The number of ketones is 2. The quantitative estimate of drug-likeness (QED) is 0.526. The van der Waals surface area contributed by atoms with E-state index in [0.717, 1.165) is 43.6 Å². The fourth-order valence-corrected chi connectivity index (χ4v) is 5.51. The van der Waals surface area contributed by atoms with Crippen molar-refractivity contribution in [2.75, 3.05) is 0 Å². The number of hydrogen-bond acceptors (Lipinski definition) is 2.